The molecule has 1 aliphatic heterocycles. The van der Waals surface area contributed by atoms with Crippen molar-refractivity contribution in [2.45, 2.75) is 19.4 Å². The summed E-state index contributed by atoms with van der Waals surface area (Å²) in [5.74, 6) is 0.356. The highest BCUT2D eigenvalue weighted by atomic mass is 35.5. The number of halogens is 1. The second kappa shape index (κ2) is 4.99. The van der Waals surface area contributed by atoms with E-state index in [0.717, 1.165) is 19.5 Å². The van der Waals surface area contributed by atoms with Gasteiger partial charge in [0.25, 0.3) is 5.91 Å². The fourth-order valence-corrected chi connectivity index (χ4v) is 2.38. The van der Waals surface area contributed by atoms with Crippen LogP contribution in [0.15, 0.2) is 11.6 Å². The third-order valence-corrected chi connectivity index (χ3v) is 3.20. The van der Waals surface area contributed by atoms with Gasteiger partial charge >= 0.3 is 0 Å². The molecule has 2 atom stereocenters. The average molecular weight is 231 g/mol. The Balaban J connectivity index is 2.58. The molecule has 0 aromatic rings. The Bertz CT molecular complexity index is 265. The van der Waals surface area contributed by atoms with Crippen LogP contribution < -0.4 is 0 Å². The molecule has 2 unspecified atom stereocenters. The Morgan fingerprint density at radius 1 is 1.53 bits per heavy atom. The zero-order chi connectivity index (χ0) is 11.6. The molecular formula is C11H19ClN2O. The molecule has 3 nitrogen and oxygen atoms in total. The number of piperidine rings is 1. The van der Waals surface area contributed by atoms with E-state index in [-0.39, 0.29) is 10.9 Å². The first-order chi connectivity index (χ1) is 6.93. The molecular weight excluding hydrogens is 212 g/mol. The predicted octanol–water partition coefficient (Wildman–Crippen LogP) is 1.54. The summed E-state index contributed by atoms with van der Waals surface area (Å²) in [4.78, 5) is 15.6. The molecule has 1 aliphatic rings. The van der Waals surface area contributed by atoms with Crippen LogP contribution in [0.5, 0.6) is 0 Å². The van der Waals surface area contributed by atoms with Gasteiger partial charge in [0.2, 0.25) is 0 Å². The van der Waals surface area contributed by atoms with E-state index < -0.39 is 0 Å². The first-order valence-corrected chi connectivity index (χ1v) is 5.61. The second-order valence-corrected chi connectivity index (χ2v) is 4.91. The van der Waals surface area contributed by atoms with E-state index in [0.29, 0.717) is 12.0 Å². The van der Waals surface area contributed by atoms with Crippen LogP contribution in [0.25, 0.3) is 0 Å². The number of rotatable bonds is 2. The first-order valence-electron chi connectivity index (χ1n) is 5.23. The molecule has 0 aromatic carbocycles. The lowest BCUT2D eigenvalue weighted by Crippen LogP contribution is -2.49. The summed E-state index contributed by atoms with van der Waals surface area (Å²) >= 11 is 5.61. The zero-order valence-electron chi connectivity index (χ0n) is 9.66. The molecule has 0 aromatic heterocycles. The Morgan fingerprint density at radius 2 is 2.13 bits per heavy atom. The molecule has 0 bridgehead atoms. The highest BCUT2D eigenvalue weighted by Gasteiger charge is 2.30. The minimum atomic E-state index is -0.124. The van der Waals surface area contributed by atoms with Gasteiger partial charge in [-0.3, -0.25) is 4.79 Å². The highest BCUT2D eigenvalue weighted by molar-refractivity contribution is 6.41. The molecule has 1 saturated heterocycles. The molecule has 1 rings (SSSR count). The van der Waals surface area contributed by atoms with Crippen molar-refractivity contribution >= 4 is 17.5 Å². The molecule has 0 radical (unpaired) electrons. The van der Waals surface area contributed by atoms with Gasteiger partial charge in [-0.15, -0.1) is 0 Å². The van der Waals surface area contributed by atoms with E-state index in [1.54, 1.807) is 4.90 Å². The van der Waals surface area contributed by atoms with Gasteiger partial charge in [0.05, 0.1) is 5.03 Å². The van der Waals surface area contributed by atoms with Gasteiger partial charge < -0.3 is 9.80 Å². The molecule has 1 amide bonds. The molecule has 0 aliphatic carbocycles. The average Bonchev–Trinajstić information content (AvgIpc) is 2.15. The number of carbonyl (C=O) groups excluding carboxylic acids is 1. The summed E-state index contributed by atoms with van der Waals surface area (Å²) in [6, 6.07) is 0.553. The van der Waals surface area contributed by atoms with E-state index in [2.05, 4.69) is 32.5 Å². The van der Waals surface area contributed by atoms with Crippen LogP contribution in [-0.2, 0) is 4.79 Å². The smallest absolute Gasteiger partial charge is 0.264 e. The van der Waals surface area contributed by atoms with Gasteiger partial charge in [0, 0.05) is 19.1 Å². The van der Waals surface area contributed by atoms with Crippen molar-refractivity contribution in [3.63, 3.8) is 0 Å². The Kier molecular flexibility index (Phi) is 4.17. The van der Waals surface area contributed by atoms with E-state index in [1.807, 2.05) is 0 Å². The van der Waals surface area contributed by atoms with Crippen LogP contribution in [0.1, 0.15) is 13.3 Å². The third kappa shape index (κ3) is 2.95. The van der Waals surface area contributed by atoms with Gasteiger partial charge in [-0.05, 0) is 26.4 Å². The molecule has 86 valence electrons. The van der Waals surface area contributed by atoms with Crippen LogP contribution >= 0.6 is 11.6 Å². The fourth-order valence-electron chi connectivity index (χ4n) is 2.26. The Morgan fingerprint density at radius 3 is 2.53 bits per heavy atom. The summed E-state index contributed by atoms with van der Waals surface area (Å²) in [6.07, 6.45) is 1.00. The largest absolute Gasteiger partial charge is 0.338 e. The van der Waals surface area contributed by atoms with Crippen molar-refractivity contribution in [2.75, 3.05) is 27.2 Å². The molecule has 0 spiro atoms. The van der Waals surface area contributed by atoms with E-state index in [9.17, 15) is 4.79 Å². The summed E-state index contributed by atoms with van der Waals surface area (Å²) in [7, 11) is 4.16. The third-order valence-electron chi connectivity index (χ3n) is 3.04. The van der Waals surface area contributed by atoms with Gasteiger partial charge in [-0.2, -0.15) is 0 Å². The van der Waals surface area contributed by atoms with Crippen molar-refractivity contribution in [1.29, 1.82) is 0 Å². The van der Waals surface area contributed by atoms with Gasteiger partial charge in [0.15, 0.2) is 0 Å². The number of amides is 1. The van der Waals surface area contributed by atoms with Crippen molar-refractivity contribution < 1.29 is 4.79 Å². The summed E-state index contributed by atoms with van der Waals surface area (Å²) in [5.41, 5.74) is 0. The van der Waals surface area contributed by atoms with E-state index in [1.165, 1.54) is 0 Å². The second-order valence-electron chi connectivity index (χ2n) is 4.45. The lowest BCUT2D eigenvalue weighted by molar-refractivity contribution is -0.129. The van der Waals surface area contributed by atoms with Crippen LogP contribution in [0.2, 0.25) is 0 Å². The Labute approximate surface area is 96.7 Å². The lowest BCUT2D eigenvalue weighted by atomic mass is 9.93. The molecule has 0 N–H and O–H groups in total. The SMILES string of the molecule is C=C(Cl)C(=O)N1CCC(N(C)C)C(C)C1. The number of carbonyl (C=O) groups is 1. The monoisotopic (exact) mass is 230 g/mol. The topological polar surface area (TPSA) is 23.6 Å². The van der Waals surface area contributed by atoms with Gasteiger partial charge in [-0.1, -0.05) is 25.1 Å². The van der Waals surface area contributed by atoms with E-state index >= 15 is 0 Å². The van der Waals surface area contributed by atoms with Crippen molar-refractivity contribution in [1.82, 2.24) is 9.80 Å². The number of nitrogens with zero attached hydrogens (tertiary/aromatic N) is 2. The van der Waals surface area contributed by atoms with E-state index in [4.69, 9.17) is 11.6 Å². The minimum absolute atomic E-state index is 0.116. The maximum Gasteiger partial charge on any atom is 0.264 e. The number of likely N-dealkylation sites (tertiary alicyclic amines) is 1. The maximum absolute atomic E-state index is 11.6. The van der Waals surface area contributed by atoms with Crippen molar-refractivity contribution in [3.05, 3.63) is 11.6 Å². The summed E-state index contributed by atoms with van der Waals surface area (Å²) < 4.78 is 0. The maximum atomic E-state index is 11.6. The molecule has 1 fully saturated rings. The van der Waals surface area contributed by atoms with Gasteiger partial charge in [0.1, 0.15) is 0 Å². The zero-order valence-corrected chi connectivity index (χ0v) is 10.4. The molecule has 0 saturated carbocycles. The number of hydrogen-bond donors (Lipinski definition) is 0. The van der Waals surface area contributed by atoms with Crippen LogP contribution in [0, 0.1) is 5.92 Å². The molecule has 15 heavy (non-hydrogen) atoms. The predicted molar refractivity (Wildman–Crippen MR) is 62.8 cm³/mol. The minimum Gasteiger partial charge on any atom is -0.338 e. The summed E-state index contributed by atoms with van der Waals surface area (Å²) in [5, 5.41) is 0.116. The number of hydrogen-bond acceptors (Lipinski definition) is 2. The normalized spacial score (nSPS) is 26.9. The van der Waals surface area contributed by atoms with Crippen molar-refractivity contribution in [2.24, 2.45) is 5.92 Å². The lowest BCUT2D eigenvalue weighted by Gasteiger charge is -2.39. The van der Waals surface area contributed by atoms with Crippen molar-refractivity contribution in [3.8, 4) is 0 Å². The van der Waals surface area contributed by atoms with Crippen LogP contribution in [0.4, 0.5) is 0 Å². The fraction of sp³-hybridized carbons (Fsp3) is 0.727. The quantitative estimate of drug-likeness (QED) is 0.672. The highest BCUT2D eigenvalue weighted by Crippen LogP contribution is 2.21. The van der Waals surface area contributed by atoms with Crippen LogP contribution in [-0.4, -0.2) is 48.9 Å². The molecule has 1 heterocycles. The first kappa shape index (κ1) is 12.5. The Hall–Kier alpha value is -0.540. The molecule has 4 heteroatoms. The van der Waals surface area contributed by atoms with Crippen LogP contribution in [0.3, 0.4) is 0 Å². The standard InChI is InChI=1S/C11H19ClN2O/c1-8-7-14(11(15)9(2)12)6-5-10(8)13(3)4/h8,10H,2,5-7H2,1,3-4H3. The van der Waals surface area contributed by atoms with Gasteiger partial charge in [-0.25, -0.2) is 0 Å². The summed E-state index contributed by atoms with van der Waals surface area (Å²) in [6.45, 7) is 7.19.